The maximum atomic E-state index is 11.3. The van der Waals surface area contributed by atoms with Gasteiger partial charge in [0.2, 0.25) is 5.82 Å². The number of hydrogen-bond donors (Lipinski definition) is 1. The highest BCUT2D eigenvalue weighted by atomic mass is 32.2. The summed E-state index contributed by atoms with van der Waals surface area (Å²) in [5.74, 6) is 0.248. The fourth-order valence-electron chi connectivity index (χ4n) is 1.76. The highest BCUT2D eigenvalue weighted by Crippen LogP contribution is 2.36. The van der Waals surface area contributed by atoms with Crippen LogP contribution >= 0.6 is 11.8 Å². The number of aryl methyl sites for hydroxylation is 2. The van der Waals surface area contributed by atoms with Gasteiger partial charge in [0.25, 0.3) is 0 Å². The standard InChI is InChI=1S/C12H16N6O2S/c1-4-5-13-11-10(18(19)20)12(15-7-14-11)21-9-6-8(2)16-17(9)3/h6-7H,4-5H2,1-3H3,(H,13,14,15). The quantitative estimate of drug-likeness (QED) is 0.497. The summed E-state index contributed by atoms with van der Waals surface area (Å²) in [7, 11) is 1.79. The molecule has 2 rings (SSSR count). The largest absolute Gasteiger partial charge is 0.364 e. The molecule has 112 valence electrons. The molecule has 2 aromatic rings. The van der Waals surface area contributed by atoms with Crippen molar-refractivity contribution < 1.29 is 4.92 Å². The first kappa shape index (κ1) is 15.2. The minimum absolute atomic E-state index is 0.102. The number of nitrogens with zero attached hydrogens (tertiary/aromatic N) is 5. The van der Waals surface area contributed by atoms with E-state index < -0.39 is 4.92 Å². The second kappa shape index (κ2) is 6.53. The van der Waals surface area contributed by atoms with Crippen LogP contribution in [0.15, 0.2) is 22.4 Å². The van der Waals surface area contributed by atoms with Gasteiger partial charge in [-0.15, -0.1) is 0 Å². The van der Waals surface area contributed by atoms with Crippen molar-refractivity contribution in [3.8, 4) is 0 Å². The number of aromatic nitrogens is 4. The molecule has 0 spiro atoms. The number of anilines is 1. The lowest BCUT2D eigenvalue weighted by atomic mass is 10.4. The van der Waals surface area contributed by atoms with Gasteiger partial charge in [0.15, 0.2) is 5.03 Å². The molecule has 8 nitrogen and oxygen atoms in total. The Balaban J connectivity index is 2.38. The van der Waals surface area contributed by atoms with Crippen LogP contribution in [0.1, 0.15) is 19.0 Å². The third-order valence-electron chi connectivity index (χ3n) is 2.67. The minimum Gasteiger partial charge on any atom is -0.364 e. The van der Waals surface area contributed by atoms with Crippen LogP contribution in [-0.2, 0) is 7.05 Å². The van der Waals surface area contributed by atoms with Crippen LogP contribution in [0.3, 0.4) is 0 Å². The Morgan fingerprint density at radius 1 is 1.48 bits per heavy atom. The van der Waals surface area contributed by atoms with Crippen LogP contribution < -0.4 is 5.32 Å². The Kier molecular flexibility index (Phi) is 4.73. The molecule has 21 heavy (non-hydrogen) atoms. The molecular weight excluding hydrogens is 292 g/mol. The molecule has 0 saturated heterocycles. The van der Waals surface area contributed by atoms with Crippen molar-refractivity contribution in [1.82, 2.24) is 19.7 Å². The Bertz CT molecular complexity index is 657. The van der Waals surface area contributed by atoms with Crippen LogP contribution in [-0.4, -0.2) is 31.2 Å². The lowest BCUT2D eigenvalue weighted by molar-refractivity contribution is -0.387. The molecule has 0 atom stereocenters. The fraction of sp³-hybridized carbons (Fsp3) is 0.417. The lowest BCUT2D eigenvalue weighted by Gasteiger charge is -2.07. The Hall–Kier alpha value is -2.16. The summed E-state index contributed by atoms with van der Waals surface area (Å²) in [6.07, 6.45) is 2.18. The minimum atomic E-state index is -0.455. The van der Waals surface area contributed by atoms with Gasteiger partial charge >= 0.3 is 5.69 Å². The lowest BCUT2D eigenvalue weighted by Crippen LogP contribution is -2.07. The summed E-state index contributed by atoms with van der Waals surface area (Å²) in [5, 5.41) is 19.6. The summed E-state index contributed by atoms with van der Waals surface area (Å²) in [6.45, 7) is 4.47. The molecule has 0 radical (unpaired) electrons. The number of nitro groups is 1. The van der Waals surface area contributed by atoms with Crippen molar-refractivity contribution in [2.24, 2.45) is 7.05 Å². The highest BCUT2D eigenvalue weighted by molar-refractivity contribution is 7.99. The summed E-state index contributed by atoms with van der Waals surface area (Å²) in [4.78, 5) is 18.9. The SMILES string of the molecule is CCCNc1ncnc(Sc2cc(C)nn2C)c1[N+](=O)[O-]. The molecule has 0 aromatic carbocycles. The van der Waals surface area contributed by atoms with E-state index in [4.69, 9.17) is 0 Å². The number of hydrogen-bond acceptors (Lipinski definition) is 7. The number of rotatable bonds is 6. The van der Waals surface area contributed by atoms with Gasteiger partial charge in [-0.25, -0.2) is 9.97 Å². The van der Waals surface area contributed by atoms with E-state index in [0.29, 0.717) is 11.6 Å². The van der Waals surface area contributed by atoms with Crippen LogP contribution in [0.4, 0.5) is 11.5 Å². The van der Waals surface area contributed by atoms with Gasteiger partial charge in [0.1, 0.15) is 11.4 Å². The second-order valence-electron chi connectivity index (χ2n) is 4.41. The number of nitrogens with one attached hydrogen (secondary N) is 1. The van der Waals surface area contributed by atoms with Gasteiger partial charge in [-0.1, -0.05) is 6.92 Å². The maximum absolute atomic E-state index is 11.3. The fourth-order valence-corrected chi connectivity index (χ4v) is 2.72. The van der Waals surface area contributed by atoms with E-state index in [0.717, 1.165) is 17.1 Å². The van der Waals surface area contributed by atoms with Crippen LogP contribution in [0.2, 0.25) is 0 Å². The van der Waals surface area contributed by atoms with E-state index in [1.54, 1.807) is 11.7 Å². The highest BCUT2D eigenvalue weighted by Gasteiger charge is 2.24. The van der Waals surface area contributed by atoms with E-state index in [2.05, 4.69) is 20.4 Å². The van der Waals surface area contributed by atoms with E-state index in [1.807, 2.05) is 19.9 Å². The van der Waals surface area contributed by atoms with Crippen LogP contribution in [0, 0.1) is 17.0 Å². The first-order chi connectivity index (χ1) is 10.0. The third kappa shape index (κ3) is 3.48. The summed E-state index contributed by atoms with van der Waals surface area (Å²) in [5.41, 5.74) is 0.746. The average molecular weight is 308 g/mol. The van der Waals surface area contributed by atoms with Gasteiger partial charge in [-0.3, -0.25) is 14.8 Å². The van der Waals surface area contributed by atoms with Crippen LogP contribution in [0.25, 0.3) is 0 Å². The second-order valence-corrected chi connectivity index (χ2v) is 5.42. The topological polar surface area (TPSA) is 98.8 Å². The molecule has 2 aromatic heterocycles. The molecule has 0 fully saturated rings. The molecule has 0 aliphatic rings. The molecule has 0 bridgehead atoms. The molecular formula is C12H16N6O2S. The molecule has 0 unspecified atom stereocenters. The normalized spacial score (nSPS) is 10.6. The zero-order valence-electron chi connectivity index (χ0n) is 12.0. The van der Waals surface area contributed by atoms with E-state index >= 15 is 0 Å². The zero-order chi connectivity index (χ0) is 15.4. The summed E-state index contributed by atoms with van der Waals surface area (Å²) < 4.78 is 1.67. The predicted octanol–water partition coefficient (Wildman–Crippen LogP) is 2.40. The van der Waals surface area contributed by atoms with Gasteiger partial charge in [-0.05, 0) is 31.2 Å². The van der Waals surface area contributed by atoms with Crippen molar-refractivity contribution in [2.45, 2.75) is 30.3 Å². The van der Waals surface area contributed by atoms with Gasteiger partial charge in [0.05, 0.1) is 10.6 Å². The van der Waals surface area contributed by atoms with Crippen molar-refractivity contribution in [1.29, 1.82) is 0 Å². The molecule has 0 aliphatic heterocycles. The first-order valence-electron chi connectivity index (χ1n) is 6.44. The third-order valence-corrected chi connectivity index (χ3v) is 3.76. The smallest absolute Gasteiger partial charge is 0.343 e. The Morgan fingerprint density at radius 3 is 2.81 bits per heavy atom. The van der Waals surface area contributed by atoms with E-state index in [-0.39, 0.29) is 11.5 Å². The molecule has 9 heteroatoms. The van der Waals surface area contributed by atoms with Crippen molar-refractivity contribution in [3.63, 3.8) is 0 Å². The molecule has 0 aliphatic carbocycles. The van der Waals surface area contributed by atoms with Crippen molar-refractivity contribution >= 4 is 23.3 Å². The monoisotopic (exact) mass is 308 g/mol. The van der Waals surface area contributed by atoms with E-state index in [1.165, 1.54) is 18.1 Å². The summed E-state index contributed by atoms with van der Waals surface area (Å²) in [6, 6.07) is 1.86. The maximum Gasteiger partial charge on any atom is 0.343 e. The predicted molar refractivity (Wildman–Crippen MR) is 79.5 cm³/mol. The van der Waals surface area contributed by atoms with Crippen molar-refractivity contribution in [2.75, 3.05) is 11.9 Å². The van der Waals surface area contributed by atoms with Crippen molar-refractivity contribution in [3.05, 3.63) is 28.2 Å². The van der Waals surface area contributed by atoms with Gasteiger partial charge in [0, 0.05) is 13.6 Å². The van der Waals surface area contributed by atoms with Gasteiger partial charge in [-0.2, -0.15) is 5.10 Å². The van der Waals surface area contributed by atoms with E-state index in [9.17, 15) is 10.1 Å². The zero-order valence-corrected chi connectivity index (χ0v) is 12.8. The first-order valence-corrected chi connectivity index (χ1v) is 7.26. The Labute approximate surface area is 126 Å². The average Bonchev–Trinajstić information content (AvgIpc) is 2.74. The summed E-state index contributed by atoms with van der Waals surface area (Å²) >= 11 is 1.21. The molecule has 0 saturated carbocycles. The van der Waals surface area contributed by atoms with Gasteiger partial charge < -0.3 is 5.32 Å². The van der Waals surface area contributed by atoms with Crippen LogP contribution in [0.5, 0.6) is 0 Å². The molecule has 2 heterocycles. The molecule has 1 N–H and O–H groups in total. The molecule has 0 amide bonds. The Morgan fingerprint density at radius 2 is 2.24 bits per heavy atom.